The summed E-state index contributed by atoms with van der Waals surface area (Å²) in [6.07, 6.45) is -3.68. The summed E-state index contributed by atoms with van der Waals surface area (Å²) in [5.41, 5.74) is 1.23. The van der Waals surface area contributed by atoms with Gasteiger partial charge in [0.1, 0.15) is 11.9 Å². The van der Waals surface area contributed by atoms with Crippen LogP contribution >= 0.6 is 0 Å². The number of hydrogen-bond acceptors (Lipinski definition) is 1. The quantitative estimate of drug-likeness (QED) is 0.675. The maximum Gasteiger partial charge on any atom is 0.409 e. The van der Waals surface area contributed by atoms with Gasteiger partial charge in [-0.2, -0.15) is 13.2 Å². The largest absolute Gasteiger partial charge is 0.409 e. The monoisotopic (exact) mass is 226 g/mol. The molecule has 0 radical (unpaired) electrons. The summed E-state index contributed by atoms with van der Waals surface area (Å²) < 4.78 is 39.7. The molecule has 0 saturated carbocycles. The van der Waals surface area contributed by atoms with Crippen LogP contribution in [-0.2, 0) is 6.42 Å². The van der Waals surface area contributed by atoms with Crippen LogP contribution in [0.1, 0.15) is 18.3 Å². The summed E-state index contributed by atoms with van der Waals surface area (Å²) in [7, 11) is 0. The molecule has 0 spiro atoms. The van der Waals surface area contributed by atoms with Gasteiger partial charge in [0.05, 0.1) is 11.0 Å². The Balaban J connectivity index is 2.24. The maximum atomic E-state index is 12.8. The van der Waals surface area contributed by atoms with Gasteiger partial charge in [-0.25, -0.2) is 4.98 Å². The van der Waals surface area contributed by atoms with Crippen LogP contribution in [0.3, 0.4) is 0 Å². The molecule has 2 nitrogen and oxygen atoms in total. The first kappa shape index (κ1) is 9.69. The highest BCUT2D eigenvalue weighted by molar-refractivity contribution is 5.76. The van der Waals surface area contributed by atoms with Gasteiger partial charge in [-0.3, -0.25) is 0 Å². The van der Waals surface area contributed by atoms with Crippen molar-refractivity contribution in [2.24, 2.45) is 0 Å². The van der Waals surface area contributed by atoms with E-state index in [0.717, 1.165) is 0 Å². The normalized spacial score (nSPS) is 20.3. The number of hydrogen-bond donors (Lipinski definition) is 0. The van der Waals surface area contributed by atoms with Gasteiger partial charge in [-0.15, -0.1) is 0 Å². The Morgan fingerprint density at radius 1 is 1.25 bits per heavy atom. The molecule has 2 aromatic rings. The number of aryl methyl sites for hydroxylation is 1. The molecule has 1 unspecified atom stereocenters. The van der Waals surface area contributed by atoms with Crippen LogP contribution in [0, 0.1) is 0 Å². The van der Waals surface area contributed by atoms with E-state index >= 15 is 0 Å². The minimum atomic E-state index is -4.19. The molecule has 16 heavy (non-hydrogen) atoms. The molecule has 84 valence electrons. The average molecular weight is 226 g/mol. The van der Waals surface area contributed by atoms with Crippen molar-refractivity contribution in [3.63, 3.8) is 0 Å². The summed E-state index contributed by atoms with van der Waals surface area (Å²) in [6.45, 7) is 0. The predicted molar refractivity (Wildman–Crippen MR) is 53.1 cm³/mol. The van der Waals surface area contributed by atoms with Crippen LogP contribution in [-0.4, -0.2) is 15.7 Å². The fourth-order valence-electron chi connectivity index (χ4n) is 2.32. The molecule has 1 aromatic carbocycles. The van der Waals surface area contributed by atoms with Gasteiger partial charge in [0.2, 0.25) is 0 Å². The fraction of sp³-hybridized carbons (Fsp3) is 0.364. The summed E-state index contributed by atoms with van der Waals surface area (Å²) in [5.74, 6) is 0.545. The van der Waals surface area contributed by atoms with Crippen molar-refractivity contribution < 1.29 is 13.2 Å². The van der Waals surface area contributed by atoms with E-state index in [1.165, 1.54) is 4.57 Å². The van der Waals surface area contributed by atoms with Gasteiger partial charge in [0.25, 0.3) is 0 Å². The Morgan fingerprint density at radius 3 is 2.75 bits per heavy atom. The van der Waals surface area contributed by atoms with Crippen LogP contribution in [0.25, 0.3) is 11.0 Å². The van der Waals surface area contributed by atoms with Crippen LogP contribution in [0.15, 0.2) is 24.3 Å². The maximum absolute atomic E-state index is 12.8. The second kappa shape index (κ2) is 2.99. The number of alkyl halides is 3. The molecule has 1 aliphatic rings. The Kier molecular flexibility index (Phi) is 1.81. The summed E-state index contributed by atoms with van der Waals surface area (Å²) in [4.78, 5) is 4.22. The van der Waals surface area contributed by atoms with Gasteiger partial charge in [0, 0.05) is 6.42 Å². The fourth-order valence-corrected chi connectivity index (χ4v) is 2.32. The minimum absolute atomic E-state index is 0.108. The topological polar surface area (TPSA) is 17.8 Å². The number of aromatic nitrogens is 2. The van der Waals surface area contributed by atoms with Gasteiger partial charge in [-0.05, 0) is 18.6 Å². The zero-order chi connectivity index (χ0) is 11.3. The average Bonchev–Trinajstić information content (AvgIpc) is 2.73. The number of nitrogens with zero attached hydrogens (tertiary/aromatic N) is 2. The van der Waals surface area contributed by atoms with E-state index in [1.807, 2.05) is 0 Å². The Hall–Kier alpha value is -1.52. The van der Waals surface area contributed by atoms with Crippen molar-refractivity contribution in [2.45, 2.75) is 25.1 Å². The molecule has 0 N–H and O–H groups in total. The molecule has 0 amide bonds. The molecule has 2 heterocycles. The molecule has 0 saturated heterocycles. The third-order valence-corrected chi connectivity index (χ3v) is 3.00. The van der Waals surface area contributed by atoms with Crippen LogP contribution in [0.2, 0.25) is 0 Å². The number of benzene rings is 1. The smallest absolute Gasteiger partial charge is 0.316 e. The molecule has 3 rings (SSSR count). The van der Waals surface area contributed by atoms with E-state index < -0.39 is 12.2 Å². The van der Waals surface area contributed by atoms with Gasteiger partial charge in [0.15, 0.2) is 0 Å². The lowest BCUT2D eigenvalue weighted by Crippen LogP contribution is -2.23. The number of rotatable bonds is 0. The number of halogens is 3. The number of fused-ring (bicyclic) bond motifs is 3. The molecular formula is C11H9F3N2. The van der Waals surface area contributed by atoms with Gasteiger partial charge in [-0.1, -0.05) is 12.1 Å². The molecule has 0 bridgehead atoms. The third-order valence-electron chi connectivity index (χ3n) is 3.00. The van der Waals surface area contributed by atoms with E-state index in [-0.39, 0.29) is 6.42 Å². The molecule has 0 aliphatic carbocycles. The predicted octanol–water partition coefficient (Wildman–Crippen LogP) is 3.09. The van der Waals surface area contributed by atoms with E-state index in [9.17, 15) is 13.2 Å². The molecule has 1 aliphatic heterocycles. The first-order chi connectivity index (χ1) is 7.57. The van der Waals surface area contributed by atoms with Crippen LogP contribution in [0.5, 0.6) is 0 Å². The second-order valence-electron chi connectivity index (χ2n) is 3.98. The molecule has 1 atom stereocenters. The highest BCUT2D eigenvalue weighted by atomic mass is 19.4. The highest BCUT2D eigenvalue weighted by Crippen LogP contribution is 2.41. The number of imidazole rings is 1. The van der Waals surface area contributed by atoms with E-state index in [1.54, 1.807) is 24.3 Å². The SMILES string of the molecule is FC(F)(F)C1CCc2nc3ccccc3n21. The van der Waals surface area contributed by atoms with E-state index in [4.69, 9.17) is 0 Å². The van der Waals surface area contributed by atoms with Gasteiger partial charge < -0.3 is 4.57 Å². The summed E-state index contributed by atoms with van der Waals surface area (Å²) >= 11 is 0. The van der Waals surface area contributed by atoms with Crippen LogP contribution in [0.4, 0.5) is 13.2 Å². The van der Waals surface area contributed by atoms with Crippen molar-refractivity contribution in [3.8, 4) is 0 Å². The Labute approximate surface area is 89.7 Å². The van der Waals surface area contributed by atoms with Crippen molar-refractivity contribution in [1.29, 1.82) is 0 Å². The van der Waals surface area contributed by atoms with Gasteiger partial charge >= 0.3 is 6.18 Å². The first-order valence-corrected chi connectivity index (χ1v) is 5.10. The molecular weight excluding hydrogens is 217 g/mol. The minimum Gasteiger partial charge on any atom is -0.316 e. The zero-order valence-corrected chi connectivity index (χ0v) is 8.33. The third kappa shape index (κ3) is 1.24. The summed E-state index contributed by atoms with van der Waals surface area (Å²) in [5, 5.41) is 0. The second-order valence-corrected chi connectivity index (χ2v) is 3.98. The molecule has 1 aromatic heterocycles. The van der Waals surface area contributed by atoms with Crippen molar-refractivity contribution in [3.05, 3.63) is 30.1 Å². The van der Waals surface area contributed by atoms with E-state index in [0.29, 0.717) is 23.3 Å². The zero-order valence-electron chi connectivity index (χ0n) is 8.33. The first-order valence-electron chi connectivity index (χ1n) is 5.10. The standard InChI is InChI=1S/C11H9F3N2/c12-11(13,14)9-5-6-10-15-7-3-1-2-4-8(7)16(9)10/h1-4,9H,5-6H2. The molecule has 5 heteroatoms. The number of para-hydroxylation sites is 2. The van der Waals surface area contributed by atoms with Crippen molar-refractivity contribution in [1.82, 2.24) is 9.55 Å². The lowest BCUT2D eigenvalue weighted by molar-refractivity contribution is -0.164. The van der Waals surface area contributed by atoms with Crippen LogP contribution < -0.4 is 0 Å². The van der Waals surface area contributed by atoms with E-state index in [2.05, 4.69) is 4.98 Å². The molecule has 0 fully saturated rings. The van der Waals surface area contributed by atoms with Crippen molar-refractivity contribution >= 4 is 11.0 Å². The Bertz CT molecular complexity index is 542. The Morgan fingerprint density at radius 2 is 2.00 bits per heavy atom. The lowest BCUT2D eigenvalue weighted by Gasteiger charge is -2.17. The van der Waals surface area contributed by atoms with Crippen molar-refractivity contribution in [2.75, 3.05) is 0 Å². The highest BCUT2D eigenvalue weighted by Gasteiger charge is 2.45. The summed E-state index contributed by atoms with van der Waals surface area (Å²) in [6, 6.07) is 5.55. The lowest BCUT2D eigenvalue weighted by atomic mass is 10.2.